The molecule has 0 aliphatic carbocycles. The quantitative estimate of drug-likeness (QED) is 0.776. The van der Waals surface area contributed by atoms with E-state index in [9.17, 15) is 0 Å². The third-order valence-electron chi connectivity index (χ3n) is 2.98. The molecule has 1 N–H and O–H groups in total. The number of furan rings is 1. The topological polar surface area (TPSA) is 73.1 Å². The summed E-state index contributed by atoms with van der Waals surface area (Å²) in [5, 5.41) is 4.14. The van der Waals surface area contributed by atoms with Gasteiger partial charge in [0, 0.05) is 11.9 Å². The zero-order valence-electron chi connectivity index (χ0n) is 12.0. The van der Waals surface area contributed by atoms with E-state index in [0.29, 0.717) is 17.5 Å². The molecule has 6 nitrogen and oxygen atoms in total. The van der Waals surface area contributed by atoms with Gasteiger partial charge in [0.05, 0.1) is 7.11 Å². The Bertz CT molecular complexity index is 721. The Hall–Kier alpha value is -2.63. The molecule has 0 amide bonds. The first-order valence-electron chi connectivity index (χ1n) is 6.83. The summed E-state index contributed by atoms with van der Waals surface area (Å²) in [5.74, 6) is 1.53. The lowest BCUT2D eigenvalue weighted by atomic mass is 10.2. The van der Waals surface area contributed by atoms with E-state index in [4.69, 9.17) is 9.15 Å². The molecule has 0 bridgehead atoms. The first-order valence-corrected chi connectivity index (χ1v) is 6.83. The number of anilines is 1. The SMILES string of the molecule is CCCNc1nc(OC)nc(-c2cc3ccccc3o2)n1. The molecule has 0 fully saturated rings. The van der Waals surface area contributed by atoms with Gasteiger partial charge in [-0.15, -0.1) is 0 Å². The third kappa shape index (κ3) is 2.79. The van der Waals surface area contributed by atoms with Crippen molar-refractivity contribution in [3.8, 4) is 17.6 Å². The monoisotopic (exact) mass is 284 g/mol. The highest BCUT2D eigenvalue weighted by atomic mass is 16.5. The maximum absolute atomic E-state index is 5.78. The number of hydrogen-bond acceptors (Lipinski definition) is 6. The van der Waals surface area contributed by atoms with E-state index in [0.717, 1.165) is 23.9 Å². The Balaban J connectivity index is 2.03. The molecule has 0 unspecified atom stereocenters. The molecular weight excluding hydrogens is 268 g/mol. The van der Waals surface area contributed by atoms with Crippen molar-refractivity contribution in [2.24, 2.45) is 0 Å². The molecule has 21 heavy (non-hydrogen) atoms. The minimum atomic E-state index is 0.263. The minimum Gasteiger partial charge on any atom is -0.467 e. The van der Waals surface area contributed by atoms with Crippen LogP contribution in [-0.4, -0.2) is 28.6 Å². The second-order valence-corrected chi connectivity index (χ2v) is 4.54. The zero-order chi connectivity index (χ0) is 14.7. The van der Waals surface area contributed by atoms with Crippen molar-refractivity contribution in [3.05, 3.63) is 30.3 Å². The van der Waals surface area contributed by atoms with E-state index >= 15 is 0 Å². The van der Waals surface area contributed by atoms with E-state index in [-0.39, 0.29) is 6.01 Å². The van der Waals surface area contributed by atoms with Crippen LogP contribution in [-0.2, 0) is 0 Å². The van der Waals surface area contributed by atoms with Crippen LogP contribution in [0.5, 0.6) is 6.01 Å². The second kappa shape index (κ2) is 5.78. The summed E-state index contributed by atoms with van der Waals surface area (Å²) in [4.78, 5) is 12.8. The number of aromatic nitrogens is 3. The Labute approximate surface area is 122 Å². The van der Waals surface area contributed by atoms with Gasteiger partial charge in [-0.1, -0.05) is 25.1 Å². The lowest BCUT2D eigenvalue weighted by Gasteiger charge is -2.05. The normalized spacial score (nSPS) is 10.8. The van der Waals surface area contributed by atoms with Crippen molar-refractivity contribution in [1.29, 1.82) is 0 Å². The molecule has 0 aliphatic rings. The Kier molecular flexibility index (Phi) is 3.68. The van der Waals surface area contributed by atoms with Crippen LogP contribution < -0.4 is 10.1 Å². The van der Waals surface area contributed by atoms with E-state index in [1.807, 2.05) is 30.3 Å². The molecule has 0 saturated heterocycles. The van der Waals surface area contributed by atoms with Gasteiger partial charge in [0.2, 0.25) is 11.8 Å². The standard InChI is InChI=1S/C15H16N4O2/c1-3-8-16-14-17-13(18-15(19-14)20-2)12-9-10-6-4-5-7-11(10)21-12/h4-7,9H,3,8H2,1-2H3,(H,16,17,18,19). The number of hydrogen-bond donors (Lipinski definition) is 1. The summed E-state index contributed by atoms with van der Waals surface area (Å²) < 4.78 is 10.9. The second-order valence-electron chi connectivity index (χ2n) is 4.54. The highest BCUT2D eigenvalue weighted by Crippen LogP contribution is 2.26. The number of benzene rings is 1. The summed E-state index contributed by atoms with van der Waals surface area (Å²) in [6, 6.07) is 9.96. The average Bonchev–Trinajstić information content (AvgIpc) is 2.96. The zero-order valence-corrected chi connectivity index (χ0v) is 12.0. The summed E-state index contributed by atoms with van der Waals surface area (Å²) in [6.07, 6.45) is 0.980. The minimum absolute atomic E-state index is 0.263. The van der Waals surface area contributed by atoms with Crippen molar-refractivity contribution in [2.75, 3.05) is 19.0 Å². The van der Waals surface area contributed by atoms with Gasteiger partial charge in [0.15, 0.2) is 5.76 Å². The molecule has 2 aromatic heterocycles. The molecule has 6 heteroatoms. The maximum atomic E-state index is 5.78. The Morgan fingerprint density at radius 2 is 2.05 bits per heavy atom. The van der Waals surface area contributed by atoms with Crippen molar-refractivity contribution >= 4 is 16.9 Å². The van der Waals surface area contributed by atoms with Crippen molar-refractivity contribution in [3.63, 3.8) is 0 Å². The highest BCUT2D eigenvalue weighted by molar-refractivity contribution is 5.81. The fraction of sp³-hybridized carbons (Fsp3) is 0.267. The van der Waals surface area contributed by atoms with Crippen LogP contribution in [0.25, 0.3) is 22.6 Å². The number of fused-ring (bicyclic) bond motifs is 1. The number of ether oxygens (including phenoxy) is 1. The first kappa shape index (κ1) is 13.4. The van der Waals surface area contributed by atoms with Crippen LogP contribution in [0.2, 0.25) is 0 Å². The molecule has 0 radical (unpaired) electrons. The molecule has 0 saturated carbocycles. The number of rotatable bonds is 5. The van der Waals surface area contributed by atoms with Crippen LogP contribution in [0.3, 0.4) is 0 Å². The van der Waals surface area contributed by atoms with Crippen LogP contribution in [0.15, 0.2) is 34.7 Å². The lowest BCUT2D eigenvalue weighted by molar-refractivity contribution is 0.379. The predicted octanol–water partition coefficient (Wildman–Crippen LogP) is 3.12. The molecule has 3 aromatic rings. The molecule has 1 aromatic carbocycles. The first-order chi connectivity index (χ1) is 10.3. The average molecular weight is 284 g/mol. The van der Waals surface area contributed by atoms with Gasteiger partial charge in [-0.05, 0) is 18.6 Å². The van der Waals surface area contributed by atoms with Crippen LogP contribution in [0, 0.1) is 0 Å². The Morgan fingerprint density at radius 3 is 2.81 bits per heavy atom. The summed E-state index contributed by atoms with van der Waals surface area (Å²) in [6.45, 7) is 2.86. The molecular formula is C15H16N4O2. The largest absolute Gasteiger partial charge is 0.467 e. The molecule has 108 valence electrons. The lowest BCUT2D eigenvalue weighted by Crippen LogP contribution is -2.07. The van der Waals surface area contributed by atoms with Crippen LogP contribution in [0.4, 0.5) is 5.95 Å². The van der Waals surface area contributed by atoms with Gasteiger partial charge in [0.25, 0.3) is 0 Å². The number of para-hydroxylation sites is 1. The summed E-state index contributed by atoms with van der Waals surface area (Å²) >= 11 is 0. The molecule has 3 rings (SSSR count). The van der Waals surface area contributed by atoms with Crippen LogP contribution in [0.1, 0.15) is 13.3 Å². The van der Waals surface area contributed by atoms with Crippen molar-refractivity contribution < 1.29 is 9.15 Å². The Morgan fingerprint density at radius 1 is 1.19 bits per heavy atom. The van der Waals surface area contributed by atoms with Gasteiger partial charge in [-0.3, -0.25) is 0 Å². The van der Waals surface area contributed by atoms with Gasteiger partial charge in [-0.2, -0.15) is 15.0 Å². The number of nitrogens with zero attached hydrogens (tertiary/aromatic N) is 3. The van der Waals surface area contributed by atoms with E-state index < -0.39 is 0 Å². The summed E-state index contributed by atoms with van der Waals surface area (Å²) in [7, 11) is 1.53. The number of methoxy groups -OCH3 is 1. The van der Waals surface area contributed by atoms with Crippen molar-refractivity contribution in [2.45, 2.75) is 13.3 Å². The van der Waals surface area contributed by atoms with Crippen LogP contribution >= 0.6 is 0 Å². The van der Waals surface area contributed by atoms with Crippen molar-refractivity contribution in [1.82, 2.24) is 15.0 Å². The van der Waals surface area contributed by atoms with E-state index in [1.165, 1.54) is 7.11 Å². The summed E-state index contributed by atoms with van der Waals surface area (Å²) in [5.41, 5.74) is 0.801. The third-order valence-corrected chi connectivity index (χ3v) is 2.98. The van der Waals surface area contributed by atoms with Gasteiger partial charge >= 0.3 is 6.01 Å². The smallest absolute Gasteiger partial charge is 0.321 e. The molecule has 0 atom stereocenters. The van der Waals surface area contributed by atoms with E-state index in [1.54, 1.807) is 0 Å². The number of nitrogens with one attached hydrogen (secondary N) is 1. The fourth-order valence-corrected chi connectivity index (χ4v) is 1.97. The highest BCUT2D eigenvalue weighted by Gasteiger charge is 2.13. The molecule has 0 spiro atoms. The van der Waals surface area contributed by atoms with Gasteiger partial charge < -0.3 is 14.5 Å². The van der Waals surface area contributed by atoms with E-state index in [2.05, 4.69) is 27.2 Å². The fourth-order valence-electron chi connectivity index (χ4n) is 1.97. The molecule has 2 heterocycles. The van der Waals surface area contributed by atoms with Gasteiger partial charge in [0.1, 0.15) is 5.58 Å². The van der Waals surface area contributed by atoms with Gasteiger partial charge in [-0.25, -0.2) is 0 Å². The maximum Gasteiger partial charge on any atom is 0.321 e. The predicted molar refractivity (Wildman–Crippen MR) is 80.4 cm³/mol. The molecule has 0 aliphatic heterocycles.